The van der Waals surface area contributed by atoms with Gasteiger partial charge in [0.25, 0.3) is 5.91 Å². The molecular weight excluding hydrogens is 264 g/mol. The molecule has 5 nitrogen and oxygen atoms in total. The highest BCUT2D eigenvalue weighted by Gasteiger charge is 2.17. The summed E-state index contributed by atoms with van der Waals surface area (Å²) in [7, 11) is 0. The topological polar surface area (TPSA) is 59.3 Å². The molecule has 5 heteroatoms. The van der Waals surface area contributed by atoms with Gasteiger partial charge in [0.1, 0.15) is 6.33 Å². The number of nitrogens with zero attached hydrogens (tertiary/aromatic N) is 3. The lowest BCUT2D eigenvalue weighted by Crippen LogP contribution is -2.26. The third-order valence-electron chi connectivity index (χ3n) is 3.62. The van der Waals surface area contributed by atoms with Crippen molar-refractivity contribution in [1.29, 1.82) is 0 Å². The van der Waals surface area contributed by atoms with E-state index < -0.39 is 0 Å². The molecule has 0 spiro atoms. The van der Waals surface area contributed by atoms with Gasteiger partial charge in [-0.15, -0.1) is 0 Å². The fourth-order valence-corrected chi connectivity index (χ4v) is 2.37. The molecule has 1 aromatic carbocycles. The summed E-state index contributed by atoms with van der Waals surface area (Å²) in [6, 6.07) is 9.84. The molecule has 0 fully saturated rings. The summed E-state index contributed by atoms with van der Waals surface area (Å²) in [6.07, 6.45) is 4.90. The van der Waals surface area contributed by atoms with Crippen LogP contribution in [0.15, 0.2) is 49.1 Å². The molecular formula is C16H16N4O. The Morgan fingerprint density at radius 3 is 2.76 bits per heavy atom. The molecule has 2 aromatic heterocycles. The monoisotopic (exact) mass is 280 g/mol. The summed E-state index contributed by atoms with van der Waals surface area (Å²) in [5, 5.41) is 7.12. The van der Waals surface area contributed by atoms with Gasteiger partial charge in [0.05, 0.1) is 23.3 Å². The number of hydrogen-bond acceptors (Lipinski definition) is 3. The number of carbonyl (C=O) groups is 1. The smallest absolute Gasteiger partial charge is 0.253 e. The molecule has 1 N–H and O–H groups in total. The van der Waals surface area contributed by atoms with E-state index in [2.05, 4.69) is 15.4 Å². The Labute approximate surface area is 122 Å². The molecule has 0 saturated heterocycles. The van der Waals surface area contributed by atoms with Crippen molar-refractivity contribution in [2.75, 3.05) is 0 Å². The number of aromatic nitrogens is 3. The average molecular weight is 280 g/mol. The Hall–Kier alpha value is -2.69. The fourth-order valence-electron chi connectivity index (χ4n) is 2.37. The summed E-state index contributed by atoms with van der Waals surface area (Å²) >= 11 is 0. The van der Waals surface area contributed by atoms with E-state index in [1.807, 2.05) is 44.2 Å². The van der Waals surface area contributed by atoms with Gasteiger partial charge in [0, 0.05) is 6.20 Å². The lowest BCUT2D eigenvalue weighted by molar-refractivity contribution is 0.0939. The van der Waals surface area contributed by atoms with E-state index in [-0.39, 0.29) is 11.9 Å². The largest absolute Gasteiger partial charge is 0.345 e. The molecule has 3 rings (SSSR count). The van der Waals surface area contributed by atoms with E-state index in [0.717, 1.165) is 16.6 Å². The molecule has 106 valence electrons. The van der Waals surface area contributed by atoms with Gasteiger partial charge in [0.2, 0.25) is 0 Å². The molecule has 0 unspecified atom stereocenters. The van der Waals surface area contributed by atoms with Crippen LogP contribution in [0.2, 0.25) is 0 Å². The zero-order valence-corrected chi connectivity index (χ0v) is 11.9. The molecule has 21 heavy (non-hydrogen) atoms. The molecule has 0 radical (unpaired) electrons. The van der Waals surface area contributed by atoms with Gasteiger partial charge >= 0.3 is 0 Å². The highest BCUT2D eigenvalue weighted by atomic mass is 16.1. The van der Waals surface area contributed by atoms with Gasteiger partial charge in [-0.2, -0.15) is 5.10 Å². The molecule has 0 aliphatic rings. The Morgan fingerprint density at radius 2 is 2.05 bits per heavy atom. The third kappa shape index (κ3) is 2.50. The second-order valence-electron chi connectivity index (χ2n) is 5.01. The summed E-state index contributed by atoms with van der Waals surface area (Å²) in [5.41, 5.74) is 3.42. The van der Waals surface area contributed by atoms with Crippen molar-refractivity contribution in [2.45, 2.75) is 19.9 Å². The maximum atomic E-state index is 12.4. The van der Waals surface area contributed by atoms with Gasteiger partial charge in [-0.1, -0.05) is 30.3 Å². The summed E-state index contributed by atoms with van der Waals surface area (Å²) < 4.78 is 1.67. The molecule has 2 heterocycles. The highest BCUT2D eigenvalue weighted by Crippen LogP contribution is 2.17. The van der Waals surface area contributed by atoms with Gasteiger partial charge in [-0.05, 0) is 25.0 Å². The van der Waals surface area contributed by atoms with Gasteiger partial charge < -0.3 is 5.32 Å². The highest BCUT2D eigenvalue weighted by molar-refractivity contribution is 5.97. The summed E-state index contributed by atoms with van der Waals surface area (Å²) in [5.74, 6) is -0.102. The van der Waals surface area contributed by atoms with Crippen molar-refractivity contribution in [3.63, 3.8) is 0 Å². The van der Waals surface area contributed by atoms with Gasteiger partial charge in [0.15, 0.2) is 0 Å². The van der Waals surface area contributed by atoms with Crippen LogP contribution in [-0.2, 0) is 0 Å². The fraction of sp³-hybridized carbons (Fsp3) is 0.188. The van der Waals surface area contributed by atoms with Crippen molar-refractivity contribution < 1.29 is 4.79 Å². The zero-order chi connectivity index (χ0) is 14.8. The lowest BCUT2D eigenvalue weighted by atomic mass is 10.1. The SMILES string of the molecule is Cc1c(C(=O)N[C@H](C)c2ccccc2)cn2ncncc12. The van der Waals surface area contributed by atoms with Crippen molar-refractivity contribution in [3.8, 4) is 0 Å². The first-order chi connectivity index (χ1) is 10.2. The zero-order valence-electron chi connectivity index (χ0n) is 11.9. The standard InChI is InChI=1S/C16H16N4O/c1-11-14(9-20-15(11)8-17-10-18-20)16(21)19-12(2)13-6-4-3-5-7-13/h3-10,12H,1-2H3,(H,19,21)/t12-/m1/s1. The molecule has 0 aliphatic heterocycles. The van der Waals surface area contributed by atoms with Crippen LogP contribution in [0, 0.1) is 6.92 Å². The first-order valence-corrected chi connectivity index (χ1v) is 6.80. The van der Waals surface area contributed by atoms with Crippen LogP contribution in [0.1, 0.15) is 34.5 Å². The van der Waals surface area contributed by atoms with Crippen LogP contribution < -0.4 is 5.32 Å². The quantitative estimate of drug-likeness (QED) is 0.802. The second-order valence-corrected chi connectivity index (χ2v) is 5.01. The second kappa shape index (κ2) is 5.36. The lowest BCUT2D eigenvalue weighted by Gasteiger charge is -2.14. The maximum Gasteiger partial charge on any atom is 0.253 e. The number of carbonyl (C=O) groups excluding carboxylic acids is 1. The van der Waals surface area contributed by atoms with Crippen LogP contribution in [0.25, 0.3) is 5.52 Å². The van der Waals surface area contributed by atoms with E-state index in [1.165, 1.54) is 6.33 Å². The number of benzene rings is 1. The molecule has 0 saturated carbocycles. The number of hydrogen-bond donors (Lipinski definition) is 1. The number of nitrogens with one attached hydrogen (secondary N) is 1. The minimum absolute atomic E-state index is 0.0489. The average Bonchev–Trinajstić information content (AvgIpc) is 2.86. The Morgan fingerprint density at radius 1 is 1.29 bits per heavy atom. The van der Waals surface area contributed by atoms with Crippen LogP contribution in [0.3, 0.4) is 0 Å². The van der Waals surface area contributed by atoms with Crippen molar-refractivity contribution >= 4 is 11.4 Å². The van der Waals surface area contributed by atoms with E-state index in [0.29, 0.717) is 5.56 Å². The van der Waals surface area contributed by atoms with Crippen molar-refractivity contribution in [3.05, 3.63) is 65.7 Å². The molecule has 0 bridgehead atoms. The van der Waals surface area contributed by atoms with Crippen LogP contribution >= 0.6 is 0 Å². The predicted octanol–water partition coefficient (Wildman–Crippen LogP) is 2.53. The summed E-state index contributed by atoms with van der Waals surface area (Å²) in [4.78, 5) is 16.4. The first-order valence-electron chi connectivity index (χ1n) is 6.80. The predicted molar refractivity (Wildman–Crippen MR) is 80.0 cm³/mol. The minimum Gasteiger partial charge on any atom is -0.345 e. The number of fused-ring (bicyclic) bond motifs is 1. The first kappa shape index (κ1) is 13.3. The Balaban J connectivity index is 1.86. The Kier molecular flexibility index (Phi) is 3.39. The van der Waals surface area contributed by atoms with E-state index in [9.17, 15) is 4.79 Å². The molecule has 1 amide bonds. The van der Waals surface area contributed by atoms with E-state index >= 15 is 0 Å². The van der Waals surface area contributed by atoms with Crippen LogP contribution in [0.5, 0.6) is 0 Å². The van der Waals surface area contributed by atoms with Crippen LogP contribution in [-0.4, -0.2) is 20.5 Å². The van der Waals surface area contributed by atoms with Gasteiger partial charge in [-0.3, -0.25) is 4.79 Å². The molecule has 3 aromatic rings. The molecule has 1 atom stereocenters. The summed E-state index contributed by atoms with van der Waals surface area (Å²) in [6.45, 7) is 3.87. The van der Waals surface area contributed by atoms with E-state index in [1.54, 1.807) is 16.9 Å². The van der Waals surface area contributed by atoms with Gasteiger partial charge in [-0.25, -0.2) is 9.50 Å². The van der Waals surface area contributed by atoms with E-state index in [4.69, 9.17) is 0 Å². The molecule has 0 aliphatic carbocycles. The normalized spacial score (nSPS) is 12.3. The maximum absolute atomic E-state index is 12.4. The van der Waals surface area contributed by atoms with Crippen molar-refractivity contribution in [2.24, 2.45) is 0 Å². The number of amides is 1. The Bertz CT molecular complexity index is 779. The minimum atomic E-state index is -0.102. The number of aryl methyl sites for hydroxylation is 1. The van der Waals surface area contributed by atoms with Crippen LogP contribution in [0.4, 0.5) is 0 Å². The third-order valence-corrected chi connectivity index (χ3v) is 3.62. The number of rotatable bonds is 3. The van der Waals surface area contributed by atoms with Crippen molar-refractivity contribution in [1.82, 2.24) is 19.9 Å².